The minimum atomic E-state index is -0.751. The number of fused-ring (bicyclic) bond motifs is 1. The molecule has 6 nitrogen and oxygen atoms in total. The van der Waals surface area contributed by atoms with Gasteiger partial charge in [0.2, 0.25) is 0 Å². The Kier molecular flexibility index (Phi) is 4.24. The van der Waals surface area contributed by atoms with Gasteiger partial charge in [-0.05, 0) is 36.4 Å². The second-order valence-corrected chi connectivity index (χ2v) is 5.01. The zero-order chi connectivity index (χ0) is 17.1. The lowest BCUT2D eigenvalue weighted by Gasteiger charge is -2.05. The summed E-state index contributed by atoms with van der Waals surface area (Å²) in [5.74, 6) is -2.36. The van der Waals surface area contributed by atoms with Crippen LogP contribution in [0.1, 0.15) is 10.4 Å². The summed E-state index contributed by atoms with van der Waals surface area (Å²) in [6.07, 6.45) is 0. The lowest BCUT2D eigenvalue weighted by molar-refractivity contribution is -0.143. The van der Waals surface area contributed by atoms with E-state index in [0.29, 0.717) is 11.1 Å². The normalized spacial score (nSPS) is 10.7. The molecule has 0 N–H and O–H groups in total. The lowest BCUT2D eigenvalue weighted by atomic mass is 10.1. The van der Waals surface area contributed by atoms with Crippen LogP contribution in [0.25, 0.3) is 11.1 Å². The van der Waals surface area contributed by atoms with Gasteiger partial charge in [0.05, 0.1) is 5.52 Å². The van der Waals surface area contributed by atoms with E-state index in [1.54, 1.807) is 24.3 Å². The van der Waals surface area contributed by atoms with E-state index >= 15 is 0 Å². The number of hydrogen-bond donors (Lipinski definition) is 0. The molecule has 0 aliphatic carbocycles. The molecule has 1 heterocycles. The number of ether oxygens (including phenoxy) is 1. The van der Waals surface area contributed by atoms with Crippen LogP contribution >= 0.6 is 0 Å². The molecule has 0 spiro atoms. The van der Waals surface area contributed by atoms with Gasteiger partial charge in [-0.15, -0.1) is 0 Å². The highest BCUT2D eigenvalue weighted by Crippen LogP contribution is 2.11. The van der Waals surface area contributed by atoms with Gasteiger partial charge in [0.1, 0.15) is 12.4 Å². The molecule has 2 aromatic carbocycles. The van der Waals surface area contributed by atoms with Crippen molar-refractivity contribution < 1.29 is 23.1 Å². The average Bonchev–Trinajstić information content (AvgIpc) is 2.89. The Morgan fingerprint density at radius 3 is 2.54 bits per heavy atom. The van der Waals surface area contributed by atoms with Crippen molar-refractivity contribution in [2.24, 2.45) is 0 Å². The van der Waals surface area contributed by atoms with Crippen molar-refractivity contribution in [2.45, 2.75) is 6.54 Å². The van der Waals surface area contributed by atoms with Gasteiger partial charge in [0, 0.05) is 5.56 Å². The van der Waals surface area contributed by atoms with Crippen molar-refractivity contribution in [1.29, 1.82) is 0 Å². The molecule has 0 bridgehead atoms. The molecule has 0 radical (unpaired) electrons. The van der Waals surface area contributed by atoms with E-state index in [-0.39, 0.29) is 12.1 Å². The van der Waals surface area contributed by atoms with Gasteiger partial charge in [-0.25, -0.2) is 9.18 Å². The molecule has 122 valence electrons. The van der Waals surface area contributed by atoms with Crippen LogP contribution in [0.3, 0.4) is 0 Å². The van der Waals surface area contributed by atoms with Crippen LogP contribution in [0.2, 0.25) is 0 Å². The first-order chi connectivity index (χ1) is 11.5. The molecular formula is C17H12FNO5. The van der Waals surface area contributed by atoms with Crippen LogP contribution in [0.15, 0.2) is 57.7 Å². The van der Waals surface area contributed by atoms with Crippen LogP contribution < -0.4 is 5.76 Å². The Morgan fingerprint density at radius 1 is 1.08 bits per heavy atom. The van der Waals surface area contributed by atoms with Gasteiger partial charge in [-0.2, -0.15) is 0 Å². The molecule has 3 aromatic rings. The predicted molar refractivity (Wildman–Crippen MR) is 82.2 cm³/mol. The number of halogens is 1. The fourth-order valence-electron chi connectivity index (χ4n) is 2.20. The molecule has 0 aliphatic heterocycles. The number of carbonyl (C=O) groups excluding carboxylic acids is 2. The minimum absolute atomic E-state index is 0.232. The summed E-state index contributed by atoms with van der Waals surface area (Å²) in [5.41, 5.74) is 1.05. The second kappa shape index (κ2) is 6.49. The summed E-state index contributed by atoms with van der Waals surface area (Å²) < 4.78 is 23.8. The first kappa shape index (κ1) is 15.7. The Hall–Kier alpha value is -3.22. The van der Waals surface area contributed by atoms with Crippen molar-refractivity contribution >= 4 is 22.9 Å². The van der Waals surface area contributed by atoms with Crippen LogP contribution in [0.4, 0.5) is 4.39 Å². The zero-order valence-corrected chi connectivity index (χ0v) is 12.4. The molecule has 24 heavy (non-hydrogen) atoms. The minimum Gasteiger partial charge on any atom is -0.456 e. The van der Waals surface area contributed by atoms with E-state index in [1.807, 2.05) is 0 Å². The van der Waals surface area contributed by atoms with E-state index in [2.05, 4.69) is 0 Å². The van der Waals surface area contributed by atoms with Crippen LogP contribution in [0.5, 0.6) is 0 Å². The number of nitrogens with zero attached hydrogens (tertiary/aromatic N) is 1. The van der Waals surface area contributed by atoms with Crippen LogP contribution in [0, 0.1) is 5.82 Å². The summed E-state index contributed by atoms with van der Waals surface area (Å²) in [6.45, 7) is -0.860. The van der Waals surface area contributed by atoms with Crippen molar-refractivity contribution in [2.75, 3.05) is 6.61 Å². The molecule has 1 aromatic heterocycles. The second-order valence-electron chi connectivity index (χ2n) is 5.01. The maximum absolute atomic E-state index is 12.8. The Bertz CT molecular complexity index is 955. The van der Waals surface area contributed by atoms with E-state index in [4.69, 9.17) is 9.15 Å². The highest BCUT2D eigenvalue weighted by Gasteiger charge is 2.15. The number of para-hydroxylation sites is 2. The summed E-state index contributed by atoms with van der Waals surface area (Å²) in [4.78, 5) is 35.5. The zero-order valence-electron chi connectivity index (χ0n) is 12.4. The molecule has 0 saturated heterocycles. The average molecular weight is 329 g/mol. The number of carbonyl (C=O) groups is 2. The summed E-state index contributed by atoms with van der Waals surface area (Å²) in [6, 6.07) is 11.6. The molecule has 0 aliphatic rings. The Morgan fingerprint density at radius 2 is 1.79 bits per heavy atom. The largest absolute Gasteiger partial charge is 0.456 e. The van der Waals surface area contributed by atoms with Gasteiger partial charge in [0.25, 0.3) is 0 Å². The van der Waals surface area contributed by atoms with E-state index in [0.717, 1.165) is 16.7 Å². The smallest absolute Gasteiger partial charge is 0.420 e. The predicted octanol–water partition coefficient (Wildman–Crippen LogP) is 2.16. The number of esters is 1. The van der Waals surface area contributed by atoms with E-state index in [9.17, 15) is 18.8 Å². The Labute approximate surface area is 135 Å². The summed E-state index contributed by atoms with van der Waals surface area (Å²) in [7, 11) is 0. The van der Waals surface area contributed by atoms with Gasteiger partial charge < -0.3 is 9.15 Å². The third kappa shape index (κ3) is 3.24. The van der Waals surface area contributed by atoms with E-state index in [1.165, 1.54) is 12.1 Å². The first-order valence-electron chi connectivity index (χ1n) is 7.07. The third-order valence-electron chi connectivity index (χ3n) is 3.39. The molecule has 3 rings (SSSR count). The molecule has 0 atom stereocenters. The maximum atomic E-state index is 12.8. The van der Waals surface area contributed by atoms with Crippen molar-refractivity contribution in [3.63, 3.8) is 0 Å². The topological polar surface area (TPSA) is 78.5 Å². The fraction of sp³-hybridized carbons (Fsp3) is 0.118. The molecular weight excluding hydrogens is 317 g/mol. The molecule has 7 heteroatoms. The number of aromatic nitrogens is 1. The van der Waals surface area contributed by atoms with Gasteiger partial charge in [0.15, 0.2) is 18.0 Å². The quantitative estimate of drug-likeness (QED) is 0.529. The van der Waals surface area contributed by atoms with Gasteiger partial charge >= 0.3 is 11.7 Å². The number of ketones is 1. The standard InChI is InChI=1S/C17H12FNO5/c18-12-7-5-11(6-8-12)14(20)10-23-16(21)9-19-13-3-1-2-4-15(13)24-17(19)22/h1-8H,9-10H2. The van der Waals surface area contributed by atoms with Gasteiger partial charge in [-0.3, -0.25) is 14.2 Å². The van der Waals surface area contributed by atoms with Crippen molar-refractivity contribution in [1.82, 2.24) is 4.57 Å². The number of hydrogen-bond acceptors (Lipinski definition) is 5. The number of benzene rings is 2. The monoisotopic (exact) mass is 329 g/mol. The van der Waals surface area contributed by atoms with Crippen LogP contribution in [-0.2, 0) is 16.1 Å². The lowest BCUT2D eigenvalue weighted by Crippen LogP contribution is -2.23. The summed E-state index contributed by atoms with van der Waals surface area (Å²) >= 11 is 0. The summed E-state index contributed by atoms with van der Waals surface area (Å²) in [5, 5.41) is 0. The van der Waals surface area contributed by atoms with Crippen LogP contribution in [-0.4, -0.2) is 22.9 Å². The first-order valence-corrected chi connectivity index (χ1v) is 7.07. The number of oxazole rings is 1. The Balaban J connectivity index is 1.65. The number of rotatable bonds is 5. The fourth-order valence-corrected chi connectivity index (χ4v) is 2.20. The highest BCUT2D eigenvalue weighted by atomic mass is 19.1. The van der Waals surface area contributed by atoms with Crippen molar-refractivity contribution in [3.05, 3.63) is 70.5 Å². The molecule has 0 saturated carbocycles. The molecule has 0 amide bonds. The number of Topliss-reactive ketones (excluding diaryl/α,β-unsaturated/α-hetero) is 1. The van der Waals surface area contributed by atoms with Gasteiger partial charge in [-0.1, -0.05) is 12.1 Å². The third-order valence-corrected chi connectivity index (χ3v) is 3.39. The highest BCUT2D eigenvalue weighted by molar-refractivity contribution is 5.97. The van der Waals surface area contributed by atoms with E-state index < -0.39 is 29.9 Å². The molecule has 0 unspecified atom stereocenters. The maximum Gasteiger partial charge on any atom is 0.420 e. The molecule has 0 fully saturated rings. The van der Waals surface area contributed by atoms with Crippen molar-refractivity contribution in [3.8, 4) is 0 Å². The SMILES string of the molecule is O=C(Cn1c(=O)oc2ccccc21)OCC(=O)c1ccc(F)cc1.